The highest BCUT2D eigenvalue weighted by Gasteiger charge is 2.28. The molecule has 0 aliphatic heterocycles. The Hall–Kier alpha value is -4.08. The van der Waals surface area contributed by atoms with E-state index in [1.165, 1.54) is 24.3 Å². The molecule has 3 rings (SSSR count). The molecule has 5 N–H and O–H groups in total. The molecule has 0 fully saturated rings. The van der Waals surface area contributed by atoms with Crippen LogP contribution in [0.4, 0.5) is 0 Å². The quantitative estimate of drug-likeness (QED) is 0.188. The van der Waals surface area contributed by atoms with Gasteiger partial charge in [-0.2, -0.15) is 0 Å². The second kappa shape index (κ2) is 14.9. The number of phenols is 1. The molecule has 0 spiro atoms. The van der Waals surface area contributed by atoms with E-state index < -0.39 is 29.9 Å². The van der Waals surface area contributed by atoms with E-state index in [0.717, 1.165) is 5.56 Å². The number of benzene rings is 3. The molecule has 0 aliphatic rings. The molecule has 0 aromatic heterocycles. The Morgan fingerprint density at radius 1 is 0.875 bits per heavy atom. The van der Waals surface area contributed by atoms with Gasteiger partial charge in [-0.25, -0.2) is 4.79 Å². The van der Waals surface area contributed by atoms with Gasteiger partial charge in [-0.3, -0.25) is 9.59 Å². The monoisotopic (exact) mass is 567 g/mol. The zero-order valence-corrected chi connectivity index (χ0v) is 23.1. The fourth-order valence-electron chi connectivity index (χ4n) is 3.95. The number of aliphatic carboxylic acids is 1. The Labute approximate surface area is 238 Å². The maximum absolute atomic E-state index is 13.4. The summed E-state index contributed by atoms with van der Waals surface area (Å²) in [4.78, 5) is 38.8. The van der Waals surface area contributed by atoms with Crippen molar-refractivity contribution in [2.75, 3.05) is 13.2 Å². The molecule has 0 bridgehead atoms. The normalized spacial score (nSPS) is 12.4. The molecule has 0 heterocycles. The minimum absolute atomic E-state index is 0.00700. The predicted octanol–water partition coefficient (Wildman–Crippen LogP) is 3.58. The summed E-state index contributed by atoms with van der Waals surface area (Å²) in [6.45, 7) is 4.87. The largest absolute Gasteiger partial charge is 0.508 e. The van der Waals surface area contributed by atoms with E-state index in [-0.39, 0.29) is 35.9 Å². The van der Waals surface area contributed by atoms with Crippen molar-refractivity contribution in [2.24, 2.45) is 0 Å². The van der Waals surface area contributed by atoms with Crippen LogP contribution < -0.4 is 20.7 Å². The van der Waals surface area contributed by atoms with Crippen LogP contribution >= 0.6 is 11.6 Å². The Kier molecular flexibility index (Phi) is 11.4. The molecule has 9 nitrogen and oxygen atoms in total. The fraction of sp³-hybridized carbons (Fsp3) is 0.300. The van der Waals surface area contributed by atoms with E-state index in [2.05, 4.69) is 16.0 Å². The molecule has 2 amide bonds. The average Bonchev–Trinajstić information content (AvgIpc) is 2.92. The summed E-state index contributed by atoms with van der Waals surface area (Å²) in [7, 11) is 0. The molecule has 0 saturated carbocycles. The highest BCUT2D eigenvalue weighted by atomic mass is 35.5. The average molecular weight is 568 g/mol. The minimum Gasteiger partial charge on any atom is -0.508 e. The highest BCUT2D eigenvalue weighted by molar-refractivity contribution is 6.30. The molecule has 10 heteroatoms. The van der Waals surface area contributed by atoms with Gasteiger partial charge < -0.3 is 30.9 Å². The molecule has 0 radical (unpaired) electrons. The molecule has 0 unspecified atom stereocenters. The van der Waals surface area contributed by atoms with Gasteiger partial charge in [-0.1, -0.05) is 67.9 Å². The van der Waals surface area contributed by atoms with Gasteiger partial charge >= 0.3 is 5.97 Å². The molecular weight excluding hydrogens is 534 g/mol. The van der Waals surface area contributed by atoms with E-state index in [1.807, 2.05) is 44.2 Å². The van der Waals surface area contributed by atoms with E-state index in [9.17, 15) is 24.6 Å². The highest BCUT2D eigenvalue weighted by Crippen LogP contribution is 2.24. The second-order valence-corrected chi connectivity index (χ2v) is 10.0. The van der Waals surface area contributed by atoms with Gasteiger partial charge in [0.2, 0.25) is 5.91 Å². The Bertz CT molecular complexity index is 1280. The van der Waals surface area contributed by atoms with Crippen LogP contribution in [0.25, 0.3) is 0 Å². The maximum atomic E-state index is 13.4. The number of carboxylic acids is 1. The maximum Gasteiger partial charge on any atom is 0.326 e. The Morgan fingerprint density at radius 3 is 2.17 bits per heavy atom. The van der Waals surface area contributed by atoms with Crippen molar-refractivity contribution in [3.63, 3.8) is 0 Å². The topological polar surface area (TPSA) is 137 Å². The molecule has 0 saturated heterocycles. The zero-order chi connectivity index (χ0) is 29.1. The number of carbonyl (C=O) groups excluding carboxylic acids is 2. The second-order valence-electron chi connectivity index (χ2n) is 9.58. The fourth-order valence-corrected chi connectivity index (χ4v) is 4.11. The van der Waals surface area contributed by atoms with E-state index >= 15 is 0 Å². The van der Waals surface area contributed by atoms with E-state index in [1.54, 1.807) is 18.2 Å². The molecule has 212 valence electrons. The molecule has 0 aliphatic carbocycles. The smallest absolute Gasteiger partial charge is 0.326 e. The van der Waals surface area contributed by atoms with Crippen molar-refractivity contribution < 1.29 is 29.3 Å². The number of ether oxygens (including phenoxy) is 1. The number of rotatable bonds is 14. The molecule has 40 heavy (non-hydrogen) atoms. The summed E-state index contributed by atoms with van der Waals surface area (Å²) >= 11 is 6.15. The summed E-state index contributed by atoms with van der Waals surface area (Å²) in [6, 6.07) is 17.7. The van der Waals surface area contributed by atoms with Crippen molar-refractivity contribution in [3.8, 4) is 11.5 Å². The number of halogens is 1. The first-order valence-electron chi connectivity index (χ1n) is 12.9. The summed E-state index contributed by atoms with van der Waals surface area (Å²) < 4.78 is 5.82. The van der Waals surface area contributed by atoms with Crippen LogP contribution in [0.1, 0.15) is 35.3 Å². The first kappa shape index (κ1) is 30.5. The Balaban J connectivity index is 1.79. The standard InChI is InChI=1S/C30H34ClN3O6/c1-19(2)32-14-15-40-27-18-22(31)10-13-24(27)28(36)33-25(16-20-6-4-3-5-7-20)29(37)34-26(30(38)39)17-21-8-11-23(35)12-9-21/h3-13,18-19,25-26,32,35H,14-17H2,1-2H3,(H,33,36)(H,34,37)(H,38,39)/t25-,26-/m0/s1. The van der Waals surface area contributed by atoms with Crippen molar-refractivity contribution in [1.82, 2.24) is 16.0 Å². The number of hydrogen-bond donors (Lipinski definition) is 5. The van der Waals surface area contributed by atoms with Crippen LogP contribution in [0.15, 0.2) is 72.8 Å². The molecule has 2 atom stereocenters. The number of amides is 2. The van der Waals surface area contributed by atoms with Gasteiger partial charge in [0.1, 0.15) is 30.2 Å². The number of aromatic hydroxyl groups is 1. The van der Waals surface area contributed by atoms with Gasteiger partial charge in [0.05, 0.1) is 5.56 Å². The van der Waals surface area contributed by atoms with Gasteiger partial charge in [0.25, 0.3) is 5.91 Å². The van der Waals surface area contributed by atoms with Crippen molar-refractivity contribution in [3.05, 3.63) is 94.5 Å². The summed E-state index contributed by atoms with van der Waals surface area (Å²) in [5, 5.41) is 28.2. The van der Waals surface area contributed by atoms with Crippen LogP contribution in [-0.4, -0.2) is 59.3 Å². The predicted molar refractivity (Wildman–Crippen MR) is 153 cm³/mol. The van der Waals surface area contributed by atoms with E-state index in [0.29, 0.717) is 23.7 Å². The summed E-state index contributed by atoms with van der Waals surface area (Å²) in [5.41, 5.74) is 1.59. The number of phenolic OH excluding ortho intramolecular Hbond substituents is 1. The van der Waals surface area contributed by atoms with Crippen molar-refractivity contribution in [2.45, 2.75) is 44.8 Å². The van der Waals surface area contributed by atoms with Crippen LogP contribution in [0, 0.1) is 0 Å². The van der Waals surface area contributed by atoms with Crippen LogP contribution in [0.2, 0.25) is 5.02 Å². The lowest BCUT2D eigenvalue weighted by Crippen LogP contribution is -2.53. The summed E-state index contributed by atoms with van der Waals surface area (Å²) in [5.74, 6) is -2.13. The lowest BCUT2D eigenvalue weighted by molar-refractivity contribution is -0.142. The first-order valence-corrected chi connectivity index (χ1v) is 13.3. The van der Waals surface area contributed by atoms with Crippen LogP contribution in [-0.2, 0) is 22.4 Å². The third-order valence-corrected chi connectivity index (χ3v) is 6.23. The Morgan fingerprint density at radius 2 is 1.52 bits per heavy atom. The molecule has 3 aromatic carbocycles. The lowest BCUT2D eigenvalue weighted by atomic mass is 10.0. The van der Waals surface area contributed by atoms with E-state index in [4.69, 9.17) is 16.3 Å². The number of hydrogen-bond acceptors (Lipinski definition) is 6. The van der Waals surface area contributed by atoms with Crippen molar-refractivity contribution >= 4 is 29.4 Å². The van der Waals surface area contributed by atoms with Gasteiger partial charge in [-0.05, 0) is 41.5 Å². The van der Waals surface area contributed by atoms with Crippen molar-refractivity contribution in [1.29, 1.82) is 0 Å². The minimum atomic E-state index is -1.25. The number of carbonyl (C=O) groups is 3. The number of nitrogens with one attached hydrogen (secondary N) is 3. The molecular formula is C30H34ClN3O6. The zero-order valence-electron chi connectivity index (χ0n) is 22.4. The van der Waals surface area contributed by atoms with Gasteiger partial charge in [0.15, 0.2) is 0 Å². The third-order valence-electron chi connectivity index (χ3n) is 6.00. The van der Waals surface area contributed by atoms with Gasteiger partial charge in [-0.15, -0.1) is 0 Å². The summed E-state index contributed by atoms with van der Waals surface area (Å²) in [6.07, 6.45) is 0.124. The molecule has 3 aromatic rings. The first-order chi connectivity index (χ1) is 19.1. The van der Waals surface area contributed by atoms with Gasteiger partial charge in [0, 0.05) is 30.5 Å². The lowest BCUT2D eigenvalue weighted by Gasteiger charge is -2.22. The van der Waals surface area contributed by atoms with Crippen LogP contribution in [0.3, 0.4) is 0 Å². The third kappa shape index (κ3) is 9.59. The number of carboxylic acid groups (broad SMARTS) is 1. The SMILES string of the molecule is CC(C)NCCOc1cc(Cl)ccc1C(=O)N[C@@H](Cc1ccccc1)C(=O)N[C@@H](Cc1ccc(O)cc1)C(=O)O. The van der Waals surface area contributed by atoms with Crippen LogP contribution in [0.5, 0.6) is 11.5 Å².